The molecule has 0 atom stereocenters. The zero-order chi connectivity index (χ0) is 24.3. The van der Waals surface area contributed by atoms with Crippen molar-refractivity contribution in [3.63, 3.8) is 0 Å². The second-order valence-electron chi connectivity index (χ2n) is 11.3. The van der Waals surface area contributed by atoms with Crippen molar-refractivity contribution in [2.24, 2.45) is 0 Å². The summed E-state index contributed by atoms with van der Waals surface area (Å²) in [6.45, 7) is 8.69. The maximum atomic E-state index is 3.72. The quantitative estimate of drug-likeness (QED) is 0.0475. The van der Waals surface area contributed by atoms with Crippen molar-refractivity contribution in [2.45, 2.75) is 168 Å². The molecular weight excluding hydrogens is 546 g/mol. The van der Waals surface area contributed by atoms with Crippen LogP contribution in [-0.2, 0) is 0 Å². The third kappa shape index (κ3) is 27.5. The molecule has 0 aromatic heterocycles. The average Bonchev–Trinajstić information content (AvgIpc) is 2.81. The Hall–Kier alpha value is 0.920. The molecule has 0 aliphatic heterocycles. The molecule has 0 bridgehead atoms. The van der Waals surface area contributed by atoms with Crippen LogP contribution in [-0.4, -0.2) is 36.5 Å². The van der Waals surface area contributed by atoms with Gasteiger partial charge in [-0.25, -0.2) is 0 Å². The summed E-state index contributed by atoms with van der Waals surface area (Å²) in [5, 5.41) is 1.15. The Bertz CT molecular complexity index is 333. The Morgan fingerprint density at radius 3 is 0.853 bits per heavy atom. The van der Waals surface area contributed by atoms with E-state index in [0.717, 1.165) is 5.33 Å². The molecule has 34 heavy (non-hydrogen) atoms. The van der Waals surface area contributed by atoms with Gasteiger partial charge < -0.3 is 21.5 Å². The maximum absolute atomic E-state index is 3.72. The smallest absolute Gasteiger partial charge is 0.0883 e. The zero-order valence-electron chi connectivity index (χ0n) is 24.0. The number of unbranched alkanes of at least 4 members (excludes halogenated alkanes) is 22. The molecule has 208 valence electrons. The summed E-state index contributed by atoms with van der Waals surface area (Å²) < 4.78 is 1.29. The monoisotopic (exact) mass is 609 g/mol. The van der Waals surface area contributed by atoms with Gasteiger partial charge in [0.15, 0.2) is 0 Å². The van der Waals surface area contributed by atoms with E-state index >= 15 is 0 Å². The van der Waals surface area contributed by atoms with Gasteiger partial charge in [-0.2, -0.15) is 0 Å². The lowest BCUT2D eigenvalue weighted by Gasteiger charge is -2.34. The molecule has 0 unspecified atom stereocenters. The van der Waals surface area contributed by atoms with Crippen molar-refractivity contribution in [1.82, 2.24) is 0 Å². The summed E-state index contributed by atoms with van der Waals surface area (Å²) in [6.07, 6.45) is 34.9. The van der Waals surface area contributed by atoms with Gasteiger partial charge in [-0.3, -0.25) is 0 Å². The van der Waals surface area contributed by atoms with Gasteiger partial charge >= 0.3 is 0 Å². The van der Waals surface area contributed by atoms with Crippen LogP contribution in [0, 0.1) is 0 Å². The van der Waals surface area contributed by atoms with Crippen molar-refractivity contribution < 1.29 is 21.5 Å². The zero-order valence-corrected chi connectivity index (χ0v) is 27.2. The van der Waals surface area contributed by atoms with E-state index in [-0.39, 0.29) is 17.0 Å². The number of nitrogens with zero attached hydrogens (tertiary/aromatic N) is 1. The van der Waals surface area contributed by atoms with Gasteiger partial charge in [0, 0.05) is 0 Å². The van der Waals surface area contributed by atoms with Gasteiger partial charge in [-0.15, -0.1) is 0 Å². The molecule has 0 aromatic carbocycles. The fourth-order valence-corrected chi connectivity index (χ4v) is 6.06. The van der Waals surface area contributed by atoms with E-state index in [1.54, 1.807) is 0 Å². The van der Waals surface area contributed by atoms with Crippen LogP contribution in [0.1, 0.15) is 168 Å². The first kappa shape index (κ1) is 37.1. The molecule has 0 aliphatic carbocycles. The molecule has 0 saturated heterocycles. The van der Waals surface area contributed by atoms with Crippen molar-refractivity contribution in [3.8, 4) is 0 Å². The topological polar surface area (TPSA) is 0 Å². The van der Waals surface area contributed by atoms with Crippen LogP contribution in [0.2, 0.25) is 0 Å². The van der Waals surface area contributed by atoms with Crippen LogP contribution < -0.4 is 17.0 Å². The molecule has 0 rings (SSSR count). The summed E-state index contributed by atoms with van der Waals surface area (Å²) in [5.74, 6) is 0. The lowest BCUT2D eigenvalue weighted by atomic mass is 10.0. The van der Waals surface area contributed by atoms with E-state index in [1.807, 2.05) is 0 Å². The largest absolute Gasteiger partial charge is 1.00 e. The first-order valence-electron chi connectivity index (χ1n) is 15.6. The fraction of sp³-hybridized carbons (Fsp3) is 1.00. The minimum absolute atomic E-state index is 0. The second kappa shape index (κ2) is 30.1. The molecule has 0 heterocycles. The molecular formula is C31H65Br2N. The Morgan fingerprint density at radius 2 is 0.618 bits per heavy atom. The van der Waals surface area contributed by atoms with Crippen molar-refractivity contribution in [1.29, 1.82) is 0 Å². The highest BCUT2D eigenvalue weighted by atomic mass is 79.9. The van der Waals surface area contributed by atoms with Crippen LogP contribution in [0.3, 0.4) is 0 Å². The Kier molecular flexibility index (Phi) is 32.9. The molecule has 0 spiro atoms. The van der Waals surface area contributed by atoms with Crippen molar-refractivity contribution >= 4 is 15.9 Å². The van der Waals surface area contributed by atoms with Crippen LogP contribution in [0.5, 0.6) is 0 Å². The average molecular weight is 612 g/mol. The SMILES string of the molecule is CCCCCCCCCCCCCC[N+](C)(CCBr)CCCCCCCCCCCCCC.[Br-]. The van der Waals surface area contributed by atoms with Crippen molar-refractivity contribution in [2.75, 3.05) is 32.0 Å². The number of rotatable bonds is 28. The lowest BCUT2D eigenvalue weighted by Crippen LogP contribution is -3.00. The number of alkyl halides is 1. The van der Waals surface area contributed by atoms with Gasteiger partial charge in [-0.05, 0) is 25.7 Å². The minimum Gasteiger partial charge on any atom is -1.00 e. The van der Waals surface area contributed by atoms with Gasteiger partial charge in [0.05, 0.1) is 32.0 Å². The Balaban J connectivity index is 0. The molecule has 3 heteroatoms. The third-order valence-corrected chi connectivity index (χ3v) is 8.08. The van der Waals surface area contributed by atoms with E-state index < -0.39 is 0 Å². The number of hydrogen-bond acceptors (Lipinski definition) is 0. The number of hydrogen-bond donors (Lipinski definition) is 0. The predicted molar refractivity (Wildman–Crippen MR) is 157 cm³/mol. The van der Waals surface area contributed by atoms with E-state index in [1.165, 1.54) is 178 Å². The highest BCUT2D eigenvalue weighted by Crippen LogP contribution is 2.16. The summed E-state index contributed by atoms with van der Waals surface area (Å²) in [6, 6.07) is 0. The molecule has 0 saturated carbocycles. The van der Waals surface area contributed by atoms with Crippen LogP contribution in [0.4, 0.5) is 0 Å². The van der Waals surface area contributed by atoms with Crippen LogP contribution in [0.25, 0.3) is 0 Å². The maximum Gasteiger partial charge on any atom is 0.0883 e. The summed E-state index contributed by atoms with van der Waals surface area (Å²) in [7, 11) is 2.51. The standard InChI is InChI=1S/C31H65BrN.BrH/c1-4-6-8-10-12-14-16-18-20-22-24-26-29-33(3,31-28-32)30-27-25-23-21-19-17-15-13-11-9-7-5-2;/h4-31H2,1-3H3;1H/q+1;/p-1. The van der Waals surface area contributed by atoms with E-state index in [9.17, 15) is 0 Å². The van der Waals surface area contributed by atoms with Crippen molar-refractivity contribution in [3.05, 3.63) is 0 Å². The normalized spacial score (nSPS) is 11.6. The van der Waals surface area contributed by atoms with Crippen LogP contribution >= 0.6 is 15.9 Å². The van der Waals surface area contributed by atoms with Gasteiger partial charge in [0.2, 0.25) is 0 Å². The highest BCUT2D eigenvalue weighted by molar-refractivity contribution is 9.09. The fourth-order valence-electron chi connectivity index (χ4n) is 5.21. The molecule has 0 amide bonds. The first-order chi connectivity index (χ1) is 16.2. The summed E-state index contributed by atoms with van der Waals surface area (Å²) in [5.41, 5.74) is 0. The summed E-state index contributed by atoms with van der Waals surface area (Å²) in [4.78, 5) is 0. The van der Waals surface area contributed by atoms with Gasteiger partial charge in [0.1, 0.15) is 0 Å². The molecule has 0 fully saturated rings. The summed E-state index contributed by atoms with van der Waals surface area (Å²) >= 11 is 3.72. The van der Waals surface area contributed by atoms with E-state index in [4.69, 9.17) is 0 Å². The molecule has 0 N–H and O–H groups in total. The predicted octanol–water partition coefficient (Wildman–Crippen LogP) is 8.23. The highest BCUT2D eigenvalue weighted by Gasteiger charge is 2.19. The Labute approximate surface area is 236 Å². The third-order valence-electron chi connectivity index (χ3n) is 7.73. The Morgan fingerprint density at radius 1 is 0.382 bits per heavy atom. The number of quaternary nitrogens is 1. The minimum atomic E-state index is 0. The molecule has 0 aliphatic rings. The molecule has 1 nitrogen and oxygen atoms in total. The second-order valence-corrected chi connectivity index (χ2v) is 12.1. The number of halogens is 2. The first-order valence-corrected chi connectivity index (χ1v) is 16.7. The molecule has 0 aromatic rings. The van der Waals surface area contributed by atoms with Gasteiger partial charge in [0.25, 0.3) is 0 Å². The van der Waals surface area contributed by atoms with E-state index in [0.29, 0.717) is 0 Å². The van der Waals surface area contributed by atoms with E-state index in [2.05, 4.69) is 36.8 Å². The van der Waals surface area contributed by atoms with Crippen LogP contribution in [0.15, 0.2) is 0 Å². The van der Waals surface area contributed by atoms with Gasteiger partial charge in [-0.1, -0.05) is 158 Å². The molecule has 0 radical (unpaired) electrons. The lowest BCUT2D eigenvalue weighted by molar-refractivity contribution is -0.907.